The van der Waals surface area contributed by atoms with Crippen LogP contribution in [-0.4, -0.2) is 23.0 Å². The molecule has 2 amide bonds. The van der Waals surface area contributed by atoms with Crippen molar-refractivity contribution in [2.24, 2.45) is 5.73 Å². The number of carbonyl (C=O) groups is 2. The van der Waals surface area contributed by atoms with Gasteiger partial charge in [-0.15, -0.1) is 0 Å². The fourth-order valence-electron chi connectivity index (χ4n) is 2.14. The first-order chi connectivity index (χ1) is 11.0. The molecule has 120 valence electrons. The highest BCUT2D eigenvalue weighted by molar-refractivity contribution is 14.1. The van der Waals surface area contributed by atoms with Gasteiger partial charge in [0, 0.05) is 9.99 Å². The number of amides is 2. The van der Waals surface area contributed by atoms with Crippen molar-refractivity contribution < 1.29 is 14.7 Å². The molecule has 0 aliphatic carbocycles. The fraction of sp³-hybridized carbons (Fsp3) is 0.176. The number of primary amides is 1. The minimum absolute atomic E-state index is 0.279. The lowest BCUT2D eigenvalue weighted by Crippen LogP contribution is -2.47. The summed E-state index contributed by atoms with van der Waals surface area (Å²) in [6.07, 6.45) is -1.06. The first-order valence-electron chi connectivity index (χ1n) is 7.05. The van der Waals surface area contributed by atoms with Crippen molar-refractivity contribution in [2.45, 2.75) is 18.6 Å². The minimum Gasteiger partial charge on any atom is -0.378 e. The van der Waals surface area contributed by atoms with Crippen LogP contribution in [0.5, 0.6) is 0 Å². The monoisotopic (exact) mass is 424 g/mol. The Morgan fingerprint density at radius 3 is 2.30 bits per heavy atom. The molecular formula is C17H17IN2O3. The number of rotatable bonds is 6. The summed E-state index contributed by atoms with van der Waals surface area (Å²) >= 11 is 2.16. The second-order valence-electron chi connectivity index (χ2n) is 5.07. The van der Waals surface area contributed by atoms with Gasteiger partial charge < -0.3 is 16.2 Å². The molecule has 2 atom stereocenters. The maximum atomic E-state index is 12.2. The predicted octanol–water partition coefficient (Wildman–Crippen LogP) is 1.54. The van der Waals surface area contributed by atoms with Gasteiger partial charge in [0.2, 0.25) is 5.91 Å². The fourth-order valence-corrected chi connectivity index (χ4v) is 2.75. The van der Waals surface area contributed by atoms with Crippen LogP contribution in [0.2, 0.25) is 0 Å². The van der Waals surface area contributed by atoms with Gasteiger partial charge in [0.05, 0.1) is 0 Å². The lowest BCUT2D eigenvalue weighted by Gasteiger charge is -2.19. The number of benzene rings is 2. The normalized spacial score (nSPS) is 13.1. The lowest BCUT2D eigenvalue weighted by molar-refractivity contribution is -0.133. The number of hydrogen-bond donors (Lipinski definition) is 3. The zero-order chi connectivity index (χ0) is 16.8. The van der Waals surface area contributed by atoms with E-state index in [0.29, 0.717) is 5.56 Å². The molecule has 23 heavy (non-hydrogen) atoms. The summed E-state index contributed by atoms with van der Waals surface area (Å²) in [7, 11) is 0. The van der Waals surface area contributed by atoms with Gasteiger partial charge in [-0.1, -0.05) is 48.5 Å². The third kappa shape index (κ3) is 4.77. The van der Waals surface area contributed by atoms with Gasteiger partial charge in [-0.05, 0) is 39.8 Å². The molecule has 0 heterocycles. The molecule has 0 spiro atoms. The van der Waals surface area contributed by atoms with Crippen LogP contribution >= 0.6 is 22.6 Å². The molecule has 0 saturated carbocycles. The van der Waals surface area contributed by atoms with E-state index in [1.54, 1.807) is 30.3 Å². The summed E-state index contributed by atoms with van der Waals surface area (Å²) in [6.45, 7) is 0. The number of hydrogen-bond acceptors (Lipinski definition) is 3. The predicted molar refractivity (Wildman–Crippen MR) is 95.4 cm³/mol. The molecule has 0 aromatic heterocycles. The van der Waals surface area contributed by atoms with E-state index < -0.39 is 24.0 Å². The summed E-state index contributed by atoms with van der Waals surface area (Å²) < 4.78 is 0.981. The number of nitrogens with one attached hydrogen (secondary N) is 1. The number of aliphatic hydroxyl groups excluding tert-OH is 1. The van der Waals surface area contributed by atoms with E-state index in [0.717, 1.165) is 9.13 Å². The second kappa shape index (κ2) is 8.07. The molecular weight excluding hydrogens is 407 g/mol. The maximum Gasteiger partial charge on any atom is 0.254 e. The average molecular weight is 424 g/mol. The minimum atomic E-state index is -1.34. The van der Waals surface area contributed by atoms with Crippen LogP contribution in [0.25, 0.3) is 0 Å². The molecule has 6 heteroatoms. The van der Waals surface area contributed by atoms with Gasteiger partial charge in [-0.2, -0.15) is 0 Å². The van der Waals surface area contributed by atoms with Crippen molar-refractivity contribution in [1.29, 1.82) is 0 Å². The Morgan fingerprint density at radius 1 is 1.09 bits per heavy atom. The third-order valence-electron chi connectivity index (χ3n) is 3.41. The summed E-state index contributed by atoms with van der Waals surface area (Å²) in [6, 6.07) is 15.2. The Labute approximate surface area is 148 Å². The van der Waals surface area contributed by atoms with E-state index >= 15 is 0 Å². The van der Waals surface area contributed by atoms with Crippen LogP contribution in [0.3, 0.4) is 0 Å². The Morgan fingerprint density at radius 2 is 1.70 bits per heavy atom. The molecule has 2 rings (SSSR count). The molecule has 0 unspecified atom stereocenters. The first-order valence-corrected chi connectivity index (χ1v) is 8.13. The molecule has 2 aromatic carbocycles. The van der Waals surface area contributed by atoms with Crippen molar-refractivity contribution >= 4 is 34.4 Å². The number of halogens is 1. The van der Waals surface area contributed by atoms with E-state index in [1.807, 2.05) is 24.3 Å². The van der Waals surface area contributed by atoms with Crippen LogP contribution < -0.4 is 11.1 Å². The molecule has 2 aromatic rings. The Kier molecular flexibility index (Phi) is 6.12. The molecule has 0 fully saturated rings. The highest BCUT2D eigenvalue weighted by Gasteiger charge is 2.24. The van der Waals surface area contributed by atoms with Crippen LogP contribution in [0.15, 0.2) is 54.6 Å². The molecule has 0 radical (unpaired) electrons. The van der Waals surface area contributed by atoms with Crippen LogP contribution in [0.1, 0.15) is 17.2 Å². The standard InChI is InChI=1S/C17H17IN2O3/c18-13-9-5-4-8-12(13)10-14(16(19)22)20-17(23)15(21)11-6-2-1-3-7-11/h1-9,14-15,21H,10H2,(H2,19,22)(H,20,23)/t14-,15-/m0/s1. The van der Waals surface area contributed by atoms with Gasteiger partial charge in [0.15, 0.2) is 6.10 Å². The molecule has 4 N–H and O–H groups in total. The van der Waals surface area contributed by atoms with Gasteiger partial charge in [-0.3, -0.25) is 9.59 Å². The Bertz CT molecular complexity index is 691. The summed E-state index contributed by atoms with van der Waals surface area (Å²) in [5, 5.41) is 12.6. The molecule has 5 nitrogen and oxygen atoms in total. The second-order valence-corrected chi connectivity index (χ2v) is 6.23. The molecule has 0 aliphatic heterocycles. The molecule has 0 aliphatic rings. The highest BCUT2D eigenvalue weighted by Crippen LogP contribution is 2.15. The number of aliphatic hydroxyl groups is 1. The van der Waals surface area contributed by atoms with Gasteiger partial charge >= 0.3 is 0 Å². The maximum absolute atomic E-state index is 12.2. The van der Waals surface area contributed by atoms with Crippen LogP contribution in [-0.2, 0) is 16.0 Å². The van der Waals surface area contributed by atoms with E-state index in [4.69, 9.17) is 5.73 Å². The smallest absolute Gasteiger partial charge is 0.254 e. The number of nitrogens with two attached hydrogens (primary N) is 1. The average Bonchev–Trinajstić information content (AvgIpc) is 2.56. The van der Waals surface area contributed by atoms with Crippen LogP contribution in [0.4, 0.5) is 0 Å². The highest BCUT2D eigenvalue weighted by atomic mass is 127. The van der Waals surface area contributed by atoms with E-state index in [1.165, 1.54) is 0 Å². The largest absolute Gasteiger partial charge is 0.378 e. The summed E-state index contributed by atoms with van der Waals surface area (Å²) in [5.41, 5.74) is 6.75. The molecule has 0 bridgehead atoms. The van der Waals surface area contributed by atoms with Gasteiger partial charge in [0.25, 0.3) is 5.91 Å². The lowest BCUT2D eigenvalue weighted by atomic mass is 10.0. The number of carbonyl (C=O) groups excluding carboxylic acids is 2. The third-order valence-corrected chi connectivity index (χ3v) is 4.46. The van der Waals surface area contributed by atoms with Crippen molar-refractivity contribution in [1.82, 2.24) is 5.32 Å². The SMILES string of the molecule is NC(=O)[C@H](Cc1ccccc1I)NC(=O)[C@@H](O)c1ccccc1. The zero-order valence-corrected chi connectivity index (χ0v) is 14.4. The van der Waals surface area contributed by atoms with Crippen molar-refractivity contribution in [2.75, 3.05) is 0 Å². The Balaban J connectivity index is 2.09. The van der Waals surface area contributed by atoms with Crippen LogP contribution in [0, 0.1) is 3.57 Å². The van der Waals surface area contributed by atoms with Crippen molar-refractivity contribution in [3.63, 3.8) is 0 Å². The Hall–Kier alpha value is -1.93. The summed E-state index contributed by atoms with van der Waals surface area (Å²) in [4.78, 5) is 23.8. The van der Waals surface area contributed by atoms with E-state index in [2.05, 4.69) is 27.9 Å². The quantitative estimate of drug-likeness (QED) is 0.615. The molecule has 0 saturated heterocycles. The van der Waals surface area contributed by atoms with Crippen molar-refractivity contribution in [3.8, 4) is 0 Å². The van der Waals surface area contributed by atoms with E-state index in [-0.39, 0.29) is 6.42 Å². The van der Waals surface area contributed by atoms with E-state index in [9.17, 15) is 14.7 Å². The topological polar surface area (TPSA) is 92.4 Å². The summed E-state index contributed by atoms with van der Waals surface area (Å²) in [5.74, 6) is -1.29. The first kappa shape index (κ1) is 17.4. The van der Waals surface area contributed by atoms with Gasteiger partial charge in [0.1, 0.15) is 6.04 Å². The van der Waals surface area contributed by atoms with Crippen molar-refractivity contribution in [3.05, 3.63) is 69.3 Å². The zero-order valence-electron chi connectivity index (χ0n) is 12.3. The van der Waals surface area contributed by atoms with Gasteiger partial charge in [-0.25, -0.2) is 0 Å².